The number of piperidine rings is 1. The minimum absolute atomic E-state index is 0.0127. The van der Waals surface area contributed by atoms with E-state index >= 15 is 0 Å². The predicted molar refractivity (Wildman–Crippen MR) is 122 cm³/mol. The van der Waals surface area contributed by atoms with Crippen LogP contribution in [0.2, 0.25) is 0 Å². The molecule has 206 valence electrons. The number of aliphatic hydroxyl groups excluding tert-OH is 1. The molecule has 2 aliphatic heterocycles. The molecule has 1 saturated heterocycles. The van der Waals surface area contributed by atoms with Crippen molar-refractivity contribution in [2.75, 3.05) is 35.7 Å². The van der Waals surface area contributed by atoms with Crippen molar-refractivity contribution in [3.05, 3.63) is 23.9 Å². The van der Waals surface area contributed by atoms with Crippen LogP contribution in [0.15, 0.2) is 22.2 Å². The normalized spacial score (nSPS) is 25.1. The van der Waals surface area contributed by atoms with E-state index in [1.54, 1.807) is 4.90 Å². The number of aliphatic hydroxyl groups is 1. The number of anilines is 2. The van der Waals surface area contributed by atoms with Crippen molar-refractivity contribution in [2.24, 2.45) is 0 Å². The molecule has 1 saturated carbocycles. The van der Waals surface area contributed by atoms with Gasteiger partial charge < -0.3 is 15.3 Å². The minimum Gasteiger partial charge on any atom is -0.394 e. The first-order valence-corrected chi connectivity index (χ1v) is 14.7. The molecule has 5 rings (SSSR count). The Morgan fingerprint density at radius 3 is 2.22 bits per heavy atom. The van der Waals surface area contributed by atoms with Crippen LogP contribution in [-0.2, 0) is 16.7 Å². The molecular weight excluding hydrogens is 553 g/mol. The lowest BCUT2D eigenvalue weighted by atomic mass is 9.77. The van der Waals surface area contributed by atoms with Gasteiger partial charge in [0, 0.05) is 19.0 Å². The molecule has 4 heterocycles. The van der Waals surface area contributed by atoms with Gasteiger partial charge >= 0.3 is 16.1 Å². The highest BCUT2D eigenvalue weighted by atomic mass is 32.5. The number of hydrogen-bond acceptors (Lipinski definition) is 8. The average molecular weight is 577 g/mol. The van der Waals surface area contributed by atoms with E-state index in [1.807, 2.05) is 0 Å². The zero-order chi connectivity index (χ0) is 26.9. The Balaban J connectivity index is 1.37. The molecule has 2 aromatic rings. The monoisotopic (exact) mass is 576 g/mol. The summed E-state index contributed by atoms with van der Waals surface area (Å²) in [7, 11) is -11.9. The Morgan fingerprint density at radius 1 is 1.08 bits per heavy atom. The molecule has 0 aromatic carbocycles. The van der Waals surface area contributed by atoms with Gasteiger partial charge in [0.2, 0.25) is 5.95 Å². The van der Waals surface area contributed by atoms with Gasteiger partial charge in [-0.1, -0.05) is 19.4 Å². The van der Waals surface area contributed by atoms with E-state index in [1.165, 1.54) is 0 Å². The van der Waals surface area contributed by atoms with Crippen molar-refractivity contribution in [1.82, 2.24) is 19.9 Å². The highest BCUT2D eigenvalue weighted by Crippen LogP contribution is 3.01. The molecule has 1 aliphatic carbocycles. The van der Waals surface area contributed by atoms with E-state index in [-0.39, 0.29) is 67.4 Å². The van der Waals surface area contributed by atoms with Crippen LogP contribution in [0, 0.1) is 0 Å². The molecular formula is C20H23F7N6O2S2. The summed E-state index contributed by atoms with van der Waals surface area (Å²) < 4.78 is 106. The molecule has 2 N–H and O–H groups in total. The molecule has 37 heavy (non-hydrogen) atoms. The first-order chi connectivity index (χ1) is 17.0. The maximum Gasteiger partial charge on any atom is 0.313 e. The van der Waals surface area contributed by atoms with Crippen molar-refractivity contribution in [3.8, 4) is 0 Å². The molecule has 2 fully saturated rings. The van der Waals surface area contributed by atoms with Gasteiger partial charge in [0.05, 0.1) is 41.1 Å². The van der Waals surface area contributed by atoms with E-state index in [4.69, 9.17) is 0 Å². The summed E-state index contributed by atoms with van der Waals surface area (Å²) in [5.74, 6) is -4.88. The van der Waals surface area contributed by atoms with Crippen molar-refractivity contribution >= 4 is 32.8 Å². The zero-order valence-electron chi connectivity index (χ0n) is 19.1. The molecule has 0 bridgehead atoms. The summed E-state index contributed by atoms with van der Waals surface area (Å²) in [6.07, 6.45) is 2.73. The smallest absolute Gasteiger partial charge is 0.313 e. The van der Waals surface area contributed by atoms with Crippen LogP contribution in [-0.4, -0.2) is 60.2 Å². The fourth-order valence-corrected chi connectivity index (χ4v) is 6.52. The van der Waals surface area contributed by atoms with Crippen molar-refractivity contribution in [2.45, 2.75) is 59.3 Å². The summed E-state index contributed by atoms with van der Waals surface area (Å²) in [4.78, 5) is 14.7. The quantitative estimate of drug-likeness (QED) is 0.471. The Bertz CT molecular complexity index is 1250. The number of nitrogens with one attached hydrogen (secondary N) is 1. The van der Waals surface area contributed by atoms with Gasteiger partial charge in [-0.2, -0.15) is 13.8 Å². The van der Waals surface area contributed by atoms with E-state index in [0.717, 1.165) is 6.42 Å². The lowest BCUT2D eigenvalue weighted by Gasteiger charge is -2.42. The second-order valence-electron chi connectivity index (χ2n) is 9.67. The van der Waals surface area contributed by atoms with Crippen LogP contribution < -0.4 is 10.2 Å². The molecule has 0 radical (unpaired) electrons. The molecule has 17 heteroatoms. The number of hydrogen-bond donors (Lipinski definition) is 2. The summed E-state index contributed by atoms with van der Waals surface area (Å²) in [5.41, 5.74) is -1.38. The van der Waals surface area contributed by atoms with E-state index in [2.05, 4.69) is 25.3 Å². The third-order valence-corrected chi connectivity index (χ3v) is 9.54. The summed E-state index contributed by atoms with van der Waals surface area (Å²) in [6.45, 7) is 0.154. The Kier molecular flexibility index (Phi) is 5.61. The van der Waals surface area contributed by atoms with Crippen molar-refractivity contribution < 1.29 is 37.5 Å². The minimum atomic E-state index is -9.88. The summed E-state index contributed by atoms with van der Waals surface area (Å²) in [6, 6.07) is 0. The van der Waals surface area contributed by atoms with Gasteiger partial charge in [-0.25, -0.2) is 15.0 Å². The maximum atomic E-state index is 14.7. The Morgan fingerprint density at radius 2 is 1.70 bits per heavy atom. The van der Waals surface area contributed by atoms with Crippen LogP contribution in [0.5, 0.6) is 0 Å². The van der Waals surface area contributed by atoms with E-state index in [0.29, 0.717) is 12.8 Å². The molecule has 3 aliphatic rings. The first-order valence-electron chi connectivity index (χ1n) is 11.4. The molecule has 1 atom stereocenters. The molecule has 0 amide bonds. The van der Waals surface area contributed by atoms with Gasteiger partial charge in [0.1, 0.15) is 27.1 Å². The van der Waals surface area contributed by atoms with Gasteiger partial charge in [-0.05, 0) is 32.1 Å². The third-order valence-electron chi connectivity index (χ3n) is 6.97. The van der Waals surface area contributed by atoms with Crippen LogP contribution in [0.1, 0.15) is 49.5 Å². The standard InChI is InChI=1S/C20H23F7N6O2S2/c21-20(22)11-36(35)14-15(20)30-18(31-17(14)32-19(10-34)4-1-5-19)33-6-2-12(3-7-33)16-28-8-13(9-29-16)37(23,24,25,26)27/h8-9,12,34H,1-7,10-11H2,(H,30,31,32)/t36-/m0/s1. The van der Waals surface area contributed by atoms with E-state index in [9.17, 15) is 37.5 Å². The van der Waals surface area contributed by atoms with Gasteiger partial charge in [0.25, 0.3) is 0 Å². The predicted octanol–water partition coefficient (Wildman–Crippen LogP) is 4.85. The summed E-state index contributed by atoms with van der Waals surface area (Å²) in [5, 5.41) is 12.8. The second kappa shape index (κ2) is 7.88. The zero-order valence-corrected chi connectivity index (χ0v) is 20.8. The van der Waals surface area contributed by atoms with Crippen LogP contribution >= 0.6 is 10.2 Å². The first kappa shape index (κ1) is 26.3. The third kappa shape index (κ3) is 4.96. The molecule has 8 nitrogen and oxygen atoms in total. The lowest BCUT2D eigenvalue weighted by Crippen LogP contribution is -2.49. The maximum absolute atomic E-state index is 14.7. The van der Waals surface area contributed by atoms with Gasteiger partial charge in [0.15, 0.2) is 0 Å². The van der Waals surface area contributed by atoms with Crippen molar-refractivity contribution in [3.63, 3.8) is 0 Å². The average Bonchev–Trinajstić information content (AvgIpc) is 3.03. The lowest BCUT2D eigenvalue weighted by molar-refractivity contribution is 0.0191. The second-order valence-corrected chi connectivity index (χ2v) is 13.5. The SMILES string of the molecule is O=[S@]1CC(F)(F)c2nc(N3CCC(c4ncc(S(F)(F)(F)(F)F)cn4)CC3)nc(NC3(CO)CCC3)c21. The Labute approximate surface area is 209 Å². The number of aromatic nitrogens is 4. The van der Waals surface area contributed by atoms with E-state index < -0.39 is 54.7 Å². The number of halogens is 7. The van der Waals surface area contributed by atoms with Crippen LogP contribution in [0.3, 0.4) is 0 Å². The van der Waals surface area contributed by atoms with Crippen molar-refractivity contribution in [1.29, 1.82) is 0 Å². The summed E-state index contributed by atoms with van der Waals surface area (Å²) >= 11 is 0. The molecule has 0 spiro atoms. The van der Waals surface area contributed by atoms with Crippen LogP contribution in [0.4, 0.5) is 40.0 Å². The number of fused-ring (bicyclic) bond motifs is 1. The number of alkyl halides is 2. The molecule has 2 aromatic heterocycles. The molecule has 0 unspecified atom stereocenters. The topological polar surface area (TPSA) is 104 Å². The highest BCUT2D eigenvalue weighted by molar-refractivity contribution is 8.45. The number of nitrogens with zero attached hydrogens (tertiary/aromatic N) is 5. The van der Waals surface area contributed by atoms with Gasteiger partial charge in [-0.15, -0.1) is 0 Å². The Hall–Kier alpha value is -2.27. The highest BCUT2D eigenvalue weighted by Gasteiger charge is 2.66. The fourth-order valence-electron chi connectivity index (χ4n) is 4.68. The van der Waals surface area contributed by atoms with Crippen LogP contribution in [0.25, 0.3) is 0 Å². The largest absolute Gasteiger partial charge is 0.394 e. The van der Waals surface area contributed by atoms with Gasteiger partial charge in [-0.3, -0.25) is 4.21 Å². The number of rotatable bonds is 6. The fraction of sp³-hybridized carbons (Fsp3) is 0.600.